The largest absolute Gasteiger partial charge is 0.293 e. The highest BCUT2D eigenvalue weighted by Crippen LogP contribution is 2.16. The van der Waals surface area contributed by atoms with Crippen LogP contribution in [0.1, 0.15) is 11.1 Å². The van der Waals surface area contributed by atoms with Crippen LogP contribution < -0.4 is 14.8 Å². The monoisotopic (exact) mass is 421 g/mol. The molecule has 6 heteroatoms. The molecule has 0 N–H and O–H groups in total. The molecule has 26 heavy (non-hydrogen) atoms. The van der Waals surface area contributed by atoms with E-state index in [1.807, 2.05) is 66.7 Å². The predicted octanol–water partition coefficient (Wildman–Crippen LogP) is 2.75. The summed E-state index contributed by atoms with van der Waals surface area (Å²) in [7, 11) is 0. The van der Waals surface area contributed by atoms with Crippen LogP contribution in [0.3, 0.4) is 0 Å². The molecule has 0 amide bonds. The lowest BCUT2D eigenvalue weighted by molar-refractivity contribution is 0.754. The van der Waals surface area contributed by atoms with Crippen molar-refractivity contribution in [1.29, 1.82) is 10.5 Å². The smallest absolute Gasteiger partial charge is 0.269 e. The molecule has 0 saturated heterocycles. The highest BCUT2D eigenvalue weighted by molar-refractivity contribution is 9.10. The van der Waals surface area contributed by atoms with Crippen LogP contribution in [-0.4, -0.2) is 4.57 Å². The fourth-order valence-corrected chi connectivity index (χ4v) is 3.91. The van der Waals surface area contributed by atoms with Crippen molar-refractivity contribution in [2.75, 3.05) is 0 Å². The molecule has 3 rings (SSSR count). The number of benzene rings is 2. The zero-order valence-electron chi connectivity index (χ0n) is 13.5. The standard InChI is InChI=1S/C20H12BrN3OS/c21-17-9-5-4-8-15(17)10-18-19(25)24(13-14-6-2-1-3-7-14)20(26-18)16(11-22)12-23/h1-10H,13H2/b18-10-. The van der Waals surface area contributed by atoms with Gasteiger partial charge in [0.1, 0.15) is 16.8 Å². The Morgan fingerprint density at radius 2 is 1.73 bits per heavy atom. The number of nitrogens with zero attached hydrogens (tertiary/aromatic N) is 3. The number of aromatic nitrogens is 1. The van der Waals surface area contributed by atoms with Gasteiger partial charge in [0.05, 0.1) is 11.1 Å². The topological polar surface area (TPSA) is 69.6 Å². The molecule has 3 aromatic rings. The van der Waals surface area contributed by atoms with E-state index in [-0.39, 0.29) is 11.1 Å². The molecular formula is C20H12BrN3OS. The Hall–Kier alpha value is -2.93. The van der Waals surface area contributed by atoms with E-state index < -0.39 is 0 Å². The second-order valence-corrected chi connectivity index (χ2v) is 7.30. The lowest BCUT2D eigenvalue weighted by Crippen LogP contribution is -2.32. The van der Waals surface area contributed by atoms with Crippen molar-refractivity contribution in [3.8, 4) is 12.1 Å². The first-order valence-corrected chi connectivity index (χ1v) is 9.29. The predicted molar refractivity (Wildman–Crippen MR) is 106 cm³/mol. The van der Waals surface area contributed by atoms with Gasteiger partial charge < -0.3 is 0 Å². The summed E-state index contributed by atoms with van der Waals surface area (Å²) in [4.78, 5) is 12.9. The van der Waals surface area contributed by atoms with Gasteiger partial charge in [0.25, 0.3) is 5.56 Å². The van der Waals surface area contributed by atoms with Gasteiger partial charge in [0.2, 0.25) is 0 Å². The molecule has 126 valence electrons. The number of rotatable bonds is 3. The Morgan fingerprint density at radius 1 is 1.08 bits per heavy atom. The van der Waals surface area contributed by atoms with Crippen LogP contribution in [0, 0.1) is 22.7 Å². The van der Waals surface area contributed by atoms with Gasteiger partial charge in [-0.25, -0.2) is 0 Å². The van der Waals surface area contributed by atoms with E-state index in [1.54, 1.807) is 6.08 Å². The van der Waals surface area contributed by atoms with Crippen molar-refractivity contribution in [2.24, 2.45) is 0 Å². The molecule has 0 unspecified atom stereocenters. The summed E-state index contributed by atoms with van der Waals surface area (Å²) in [6.07, 6.45) is 1.77. The average Bonchev–Trinajstić information content (AvgIpc) is 2.95. The van der Waals surface area contributed by atoms with Gasteiger partial charge >= 0.3 is 0 Å². The zero-order chi connectivity index (χ0) is 18.5. The third-order valence-electron chi connectivity index (χ3n) is 3.72. The van der Waals surface area contributed by atoms with Crippen molar-refractivity contribution in [1.82, 2.24) is 4.57 Å². The number of hydrogen-bond donors (Lipinski definition) is 0. The van der Waals surface area contributed by atoms with Crippen molar-refractivity contribution in [3.05, 3.63) is 89.7 Å². The van der Waals surface area contributed by atoms with E-state index in [1.165, 1.54) is 4.57 Å². The van der Waals surface area contributed by atoms with E-state index in [4.69, 9.17) is 0 Å². The Kier molecular flexibility index (Phi) is 5.48. The first-order valence-electron chi connectivity index (χ1n) is 7.68. The van der Waals surface area contributed by atoms with E-state index in [9.17, 15) is 15.3 Å². The molecule has 0 aliphatic carbocycles. The van der Waals surface area contributed by atoms with Crippen LogP contribution in [0.15, 0.2) is 63.9 Å². The minimum atomic E-state index is -0.215. The highest BCUT2D eigenvalue weighted by Gasteiger charge is 2.10. The lowest BCUT2D eigenvalue weighted by atomic mass is 10.2. The molecular weight excluding hydrogens is 410 g/mol. The maximum atomic E-state index is 12.9. The van der Waals surface area contributed by atoms with Crippen LogP contribution >= 0.6 is 27.3 Å². The third kappa shape index (κ3) is 3.67. The molecule has 1 heterocycles. The van der Waals surface area contributed by atoms with Crippen LogP contribution in [0.5, 0.6) is 0 Å². The van der Waals surface area contributed by atoms with Crippen molar-refractivity contribution < 1.29 is 0 Å². The number of halogens is 1. The Balaban J connectivity index is 2.28. The van der Waals surface area contributed by atoms with Crippen LogP contribution in [-0.2, 0) is 6.54 Å². The second kappa shape index (κ2) is 7.97. The maximum absolute atomic E-state index is 12.9. The molecule has 0 spiro atoms. The number of thiazole rings is 1. The molecule has 1 aromatic heterocycles. The summed E-state index contributed by atoms with van der Waals surface area (Å²) in [5.41, 5.74) is 1.51. The molecule has 4 nitrogen and oxygen atoms in total. The SMILES string of the molecule is N#CC(C#N)=c1s/c(=C\c2ccccc2Br)c(=O)n1Cc1ccccc1. The summed E-state index contributed by atoms with van der Waals surface area (Å²) in [5.74, 6) is 0. The van der Waals surface area contributed by atoms with Crippen molar-refractivity contribution in [2.45, 2.75) is 6.54 Å². The number of hydrogen-bond acceptors (Lipinski definition) is 4. The van der Waals surface area contributed by atoms with Crippen LogP contribution in [0.25, 0.3) is 11.6 Å². The molecule has 2 aromatic carbocycles. The minimum Gasteiger partial charge on any atom is -0.293 e. The molecule has 0 bridgehead atoms. The number of nitriles is 2. The fraction of sp³-hybridized carbons (Fsp3) is 0.0500. The quantitative estimate of drug-likeness (QED) is 0.652. The summed E-state index contributed by atoms with van der Waals surface area (Å²) >= 11 is 4.63. The van der Waals surface area contributed by atoms with E-state index in [2.05, 4.69) is 15.9 Å². The Labute approximate surface area is 162 Å². The summed E-state index contributed by atoms with van der Waals surface area (Å²) in [6, 6.07) is 20.8. The third-order valence-corrected chi connectivity index (χ3v) is 5.57. The minimum absolute atomic E-state index is 0.0604. The van der Waals surface area contributed by atoms with E-state index in [0.717, 1.165) is 26.9 Å². The van der Waals surface area contributed by atoms with Gasteiger partial charge in [-0.1, -0.05) is 64.5 Å². The summed E-state index contributed by atoms with van der Waals surface area (Å²) in [5, 5.41) is 18.5. The molecule has 0 aliphatic heterocycles. The molecule has 0 radical (unpaired) electrons. The van der Waals surface area contributed by atoms with Gasteiger partial charge in [-0.3, -0.25) is 9.36 Å². The van der Waals surface area contributed by atoms with E-state index >= 15 is 0 Å². The normalized spacial score (nSPS) is 11.0. The van der Waals surface area contributed by atoms with Gasteiger partial charge in [0.15, 0.2) is 5.57 Å². The maximum Gasteiger partial charge on any atom is 0.269 e. The molecule has 0 aliphatic rings. The molecule has 0 saturated carbocycles. The van der Waals surface area contributed by atoms with Gasteiger partial charge in [-0.2, -0.15) is 10.5 Å². The molecule has 0 atom stereocenters. The van der Waals surface area contributed by atoms with E-state index in [0.29, 0.717) is 15.7 Å². The highest BCUT2D eigenvalue weighted by atomic mass is 79.9. The van der Waals surface area contributed by atoms with Crippen molar-refractivity contribution >= 4 is 38.9 Å². The summed E-state index contributed by atoms with van der Waals surface area (Å²) < 4.78 is 3.21. The van der Waals surface area contributed by atoms with Crippen LogP contribution in [0.2, 0.25) is 0 Å². The Bertz CT molecular complexity index is 1190. The average molecular weight is 422 g/mol. The zero-order valence-corrected chi connectivity index (χ0v) is 15.9. The first-order chi connectivity index (χ1) is 12.6. The fourth-order valence-electron chi connectivity index (χ4n) is 2.47. The lowest BCUT2D eigenvalue weighted by Gasteiger charge is -2.02. The van der Waals surface area contributed by atoms with Gasteiger partial charge in [-0.15, -0.1) is 11.3 Å². The van der Waals surface area contributed by atoms with Gasteiger partial charge in [0, 0.05) is 4.47 Å². The second-order valence-electron chi connectivity index (χ2n) is 5.41. The molecule has 0 fully saturated rings. The Morgan fingerprint density at radius 3 is 2.38 bits per heavy atom. The first kappa shape index (κ1) is 17.9. The van der Waals surface area contributed by atoms with Gasteiger partial charge in [-0.05, 0) is 23.3 Å². The van der Waals surface area contributed by atoms with Crippen LogP contribution in [0.4, 0.5) is 0 Å². The van der Waals surface area contributed by atoms with Crippen molar-refractivity contribution in [3.63, 3.8) is 0 Å². The summed E-state index contributed by atoms with van der Waals surface area (Å²) in [6.45, 7) is 0.308.